The van der Waals surface area contributed by atoms with E-state index in [1.54, 1.807) is 0 Å². The Morgan fingerprint density at radius 2 is 1.59 bits per heavy atom. The number of halogens is 1. The summed E-state index contributed by atoms with van der Waals surface area (Å²) < 4.78 is 13.9. The molecule has 4 fully saturated rings. The molecule has 0 radical (unpaired) electrons. The summed E-state index contributed by atoms with van der Waals surface area (Å²) in [6.07, 6.45) is 9.29. The standard InChI is InChI=1S/C20H33FO/c1-18-9-6-14(21)12-13(18)4-5-15-16(18)7-10-19(2)17(15)8-11-20(19,3)22/h13-17,22H,4-12H2,1-3H3/t13-,14-,15+,16-,17-,18-,19-,20-/m0/s1. The van der Waals surface area contributed by atoms with Gasteiger partial charge in [-0.2, -0.15) is 0 Å². The van der Waals surface area contributed by atoms with E-state index in [0.717, 1.165) is 37.5 Å². The number of rotatable bonds is 0. The highest BCUT2D eigenvalue weighted by Gasteiger charge is 2.63. The van der Waals surface area contributed by atoms with Gasteiger partial charge in [-0.3, -0.25) is 0 Å². The summed E-state index contributed by atoms with van der Waals surface area (Å²) in [6, 6.07) is 0. The van der Waals surface area contributed by atoms with Crippen LogP contribution in [0.15, 0.2) is 0 Å². The quantitative estimate of drug-likeness (QED) is 0.658. The van der Waals surface area contributed by atoms with E-state index in [2.05, 4.69) is 20.8 Å². The average molecular weight is 308 g/mol. The first kappa shape index (κ1) is 15.4. The number of fused-ring (bicyclic) bond motifs is 5. The Morgan fingerprint density at radius 1 is 0.864 bits per heavy atom. The fourth-order valence-electron chi connectivity index (χ4n) is 7.45. The highest BCUT2D eigenvalue weighted by molar-refractivity contribution is 5.12. The molecule has 22 heavy (non-hydrogen) atoms. The van der Waals surface area contributed by atoms with Crippen LogP contribution in [0.4, 0.5) is 4.39 Å². The lowest BCUT2D eigenvalue weighted by Gasteiger charge is -2.61. The topological polar surface area (TPSA) is 20.2 Å². The van der Waals surface area contributed by atoms with Crippen LogP contribution in [0.5, 0.6) is 0 Å². The van der Waals surface area contributed by atoms with E-state index in [1.807, 2.05) is 0 Å². The third-order valence-electron chi connectivity index (χ3n) is 9.16. The largest absolute Gasteiger partial charge is 0.390 e. The van der Waals surface area contributed by atoms with Crippen LogP contribution in [-0.2, 0) is 0 Å². The smallest absolute Gasteiger partial charge is 0.100 e. The Bertz CT molecular complexity index is 461. The number of alkyl halides is 1. The predicted molar refractivity (Wildman–Crippen MR) is 87.2 cm³/mol. The lowest BCUT2D eigenvalue weighted by atomic mass is 9.44. The normalized spacial score (nSPS) is 61.2. The molecule has 4 aliphatic carbocycles. The van der Waals surface area contributed by atoms with Gasteiger partial charge in [0.25, 0.3) is 0 Å². The van der Waals surface area contributed by atoms with Crippen LogP contribution in [0, 0.1) is 34.5 Å². The van der Waals surface area contributed by atoms with Crippen molar-refractivity contribution in [2.75, 3.05) is 0 Å². The summed E-state index contributed by atoms with van der Waals surface area (Å²) in [5.74, 6) is 2.88. The zero-order valence-electron chi connectivity index (χ0n) is 14.6. The van der Waals surface area contributed by atoms with E-state index < -0.39 is 11.8 Å². The fraction of sp³-hybridized carbons (Fsp3) is 1.00. The second-order valence-electron chi connectivity index (χ2n) is 9.80. The molecule has 1 N–H and O–H groups in total. The van der Waals surface area contributed by atoms with E-state index in [-0.39, 0.29) is 5.41 Å². The van der Waals surface area contributed by atoms with Crippen LogP contribution in [0.3, 0.4) is 0 Å². The molecule has 4 saturated carbocycles. The van der Waals surface area contributed by atoms with Crippen LogP contribution in [0.25, 0.3) is 0 Å². The molecule has 0 amide bonds. The third kappa shape index (κ3) is 1.85. The van der Waals surface area contributed by atoms with Gasteiger partial charge in [0.05, 0.1) is 5.60 Å². The molecule has 0 aliphatic heterocycles. The molecule has 0 unspecified atom stereocenters. The summed E-state index contributed by atoms with van der Waals surface area (Å²) in [5, 5.41) is 10.9. The van der Waals surface area contributed by atoms with Crippen molar-refractivity contribution in [2.24, 2.45) is 34.5 Å². The Morgan fingerprint density at radius 3 is 2.36 bits per heavy atom. The van der Waals surface area contributed by atoms with Gasteiger partial charge < -0.3 is 5.11 Å². The Balaban J connectivity index is 1.64. The van der Waals surface area contributed by atoms with Crippen LogP contribution in [-0.4, -0.2) is 16.9 Å². The minimum atomic E-state index is -0.546. The third-order valence-corrected chi connectivity index (χ3v) is 9.16. The summed E-state index contributed by atoms with van der Waals surface area (Å²) >= 11 is 0. The maximum absolute atomic E-state index is 13.9. The molecule has 0 spiro atoms. The average Bonchev–Trinajstić information content (AvgIpc) is 2.70. The van der Waals surface area contributed by atoms with Crippen molar-refractivity contribution in [3.05, 3.63) is 0 Å². The maximum Gasteiger partial charge on any atom is 0.100 e. The molecule has 0 aromatic heterocycles. The van der Waals surface area contributed by atoms with Crippen molar-refractivity contribution in [1.29, 1.82) is 0 Å². The zero-order chi connectivity index (χ0) is 15.8. The summed E-state index contributed by atoms with van der Waals surface area (Å²) in [7, 11) is 0. The van der Waals surface area contributed by atoms with Gasteiger partial charge in [-0.05, 0) is 99.2 Å². The molecule has 0 aromatic carbocycles. The summed E-state index contributed by atoms with van der Waals surface area (Å²) in [6.45, 7) is 6.92. The van der Waals surface area contributed by atoms with Crippen LogP contribution in [0.2, 0.25) is 0 Å². The lowest BCUT2D eigenvalue weighted by molar-refractivity contribution is -0.149. The minimum Gasteiger partial charge on any atom is -0.390 e. The Labute approximate surface area is 135 Å². The van der Waals surface area contributed by atoms with Gasteiger partial charge in [0, 0.05) is 0 Å². The number of aliphatic hydroxyl groups is 1. The highest BCUT2D eigenvalue weighted by Crippen LogP contribution is 2.68. The predicted octanol–water partition coefficient (Wildman–Crippen LogP) is 5.12. The highest BCUT2D eigenvalue weighted by atomic mass is 19.1. The van der Waals surface area contributed by atoms with Gasteiger partial charge in [-0.1, -0.05) is 13.8 Å². The maximum atomic E-state index is 13.9. The lowest BCUT2D eigenvalue weighted by Crippen LogP contribution is -2.56. The SMILES string of the molecule is C[C@]12CC[C@H](F)C[C@@H]1CC[C@@H]1[C@@H]2CC[C@@]2(C)[C@H]1CC[C@]2(C)O. The Hall–Kier alpha value is -0.110. The van der Waals surface area contributed by atoms with Crippen molar-refractivity contribution >= 4 is 0 Å². The first-order valence-electron chi connectivity index (χ1n) is 9.64. The first-order valence-corrected chi connectivity index (χ1v) is 9.64. The molecule has 4 rings (SSSR count). The number of hydrogen-bond acceptors (Lipinski definition) is 1. The van der Waals surface area contributed by atoms with E-state index >= 15 is 0 Å². The molecular formula is C20H33FO. The van der Waals surface area contributed by atoms with Crippen molar-refractivity contribution in [3.63, 3.8) is 0 Å². The van der Waals surface area contributed by atoms with E-state index in [0.29, 0.717) is 17.3 Å². The van der Waals surface area contributed by atoms with Gasteiger partial charge in [0.1, 0.15) is 6.17 Å². The van der Waals surface area contributed by atoms with Crippen LogP contribution >= 0.6 is 0 Å². The second kappa shape index (κ2) is 4.71. The second-order valence-corrected chi connectivity index (χ2v) is 9.80. The fourth-order valence-corrected chi connectivity index (χ4v) is 7.45. The molecule has 126 valence electrons. The molecule has 0 aromatic rings. The number of hydrogen-bond donors (Lipinski definition) is 1. The van der Waals surface area contributed by atoms with Gasteiger partial charge in [0.2, 0.25) is 0 Å². The molecule has 0 heterocycles. The first-order chi connectivity index (χ1) is 10.3. The van der Waals surface area contributed by atoms with E-state index in [9.17, 15) is 9.50 Å². The Kier molecular flexibility index (Phi) is 3.30. The zero-order valence-corrected chi connectivity index (χ0v) is 14.6. The molecule has 0 saturated heterocycles. The molecule has 2 heteroatoms. The molecule has 0 bridgehead atoms. The molecule has 4 aliphatic rings. The van der Waals surface area contributed by atoms with Crippen molar-refractivity contribution < 1.29 is 9.50 Å². The monoisotopic (exact) mass is 308 g/mol. The summed E-state index contributed by atoms with van der Waals surface area (Å²) in [5.41, 5.74) is 0.0208. The van der Waals surface area contributed by atoms with Gasteiger partial charge in [-0.15, -0.1) is 0 Å². The van der Waals surface area contributed by atoms with E-state index in [1.165, 1.54) is 32.1 Å². The minimum absolute atomic E-state index is 0.120. The van der Waals surface area contributed by atoms with Crippen molar-refractivity contribution in [2.45, 2.75) is 90.3 Å². The molecular weight excluding hydrogens is 275 g/mol. The molecule has 1 nitrogen and oxygen atoms in total. The van der Waals surface area contributed by atoms with Crippen LogP contribution in [0.1, 0.15) is 78.6 Å². The van der Waals surface area contributed by atoms with Crippen LogP contribution < -0.4 is 0 Å². The van der Waals surface area contributed by atoms with Gasteiger partial charge >= 0.3 is 0 Å². The molecule has 8 atom stereocenters. The van der Waals surface area contributed by atoms with Crippen molar-refractivity contribution in [1.82, 2.24) is 0 Å². The van der Waals surface area contributed by atoms with E-state index in [4.69, 9.17) is 0 Å². The van der Waals surface area contributed by atoms with Gasteiger partial charge in [-0.25, -0.2) is 4.39 Å². The van der Waals surface area contributed by atoms with Crippen molar-refractivity contribution in [3.8, 4) is 0 Å². The summed E-state index contributed by atoms with van der Waals surface area (Å²) in [4.78, 5) is 0. The van der Waals surface area contributed by atoms with Gasteiger partial charge in [0.15, 0.2) is 0 Å².